The molecule has 0 bridgehead atoms. The molecule has 0 aliphatic rings. The Morgan fingerprint density at radius 2 is 1.57 bits per heavy atom. The van der Waals surface area contributed by atoms with Crippen molar-refractivity contribution < 1.29 is 17.9 Å². The molecule has 0 radical (unpaired) electrons. The van der Waals surface area contributed by atoms with E-state index in [0.717, 1.165) is 24.3 Å². The average molecular weight is 315 g/mol. The van der Waals surface area contributed by atoms with Gasteiger partial charge in [0, 0.05) is 0 Å². The highest BCUT2D eigenvalue weighted by Crippen LogP contribution is 2.18. The van der Waals surface area contributed by atoms with Crippen molar-refractivity contribution in [2.45, 2.75) is 33.1 Å². The van der Waals surface area contributed by atoms with Gasteiger partial charge < -0.3 is 9.47 Å². The third-order valence-electron chi connectivity index (χ3n) is 3.07. The number of hydrogen-bond donors (Lipinski definition) is 1. The molecule has 1 aromatic rings. The van der Waals surface area contributed by atoms with Crippen molar-refractivity contribution in [3.05, 3.63) is 24.3 Å². The summed E-state index contributed by atoms with van der Waals surface area (Å²) in [4.78, 5) is 0. The van der Waals surface area contributed by atoms with Gasteiger partial charge >= 0.3 is 0 Å². The normalized spacial score (nSPS) is 12.9. The van der Waals surface area contributed by atoms with E-state index in [1.54, 1.807) is 0 Å². The summed E-state index contributed by atoms with van der Waals surface area (Å²) >= 11 is 0. The predicted molar refractivity (Wildman–Crippen MR) is 84.1 cm³/mol. The summed E-state index contributed by atoms with van der Waals surface area (Å²) < 4.78 is 32.9. The second-order valence-electron chi connectivity index (χ2n) is 5.22. The maximum atomic E-state index is 10.9. The van der Waals surface area contributed by atoms with Gasteiger partial charge in [-0.25, -0.2) is 13.6 Å². The van der Waals surface area contributed by atoms with Gasteiger partial charge in [-0.15, -0.1) is 0 Å². The van der Waals surface area contributed by atoms with Crippen LogP contribution in [0.3, 0.4) is 0 Å². The molecule has 0 aliphatic heterocycles. The summed E-state index contributed by atoms with van der Waals surface area (Å²) in [6.45, 7) is 5.33. The first-order chi connectivity index (χ1) is 9.90. The van der Waals surface area contributed by atoms with Crippen LogP contribution in [0.15, 0.2) is 24.3 Å². The van der Waals surface area contributed by atoms with Crippen molar-refractivity contribution in [2.24, 2.45) is 11.1 Å². The van der Waals surface area contributed by atoms with Gasteiger partial charge in [-0.3, -0.25) is 0 Å². The van der Waals surface area contributed by atoms with Gasteiger partial charge in [0.1, 0.15) is 11.5 Å². The Labute approximate surface area is 127 Å². The first kappa shape index (κ1) is 17.8. The highest BCUT2D eigenvalue weighted by atomic mass is 32.2. The molecule has 0 aliphatic carbocycles. The SMILES string of the molecule is CCCOc1ccc(OCCC(C)CCS(N)(=O)=O)cc1. The quantitative estimate of drug-likeness (QED) is 0.719. The lowest BCUT2D eigenvalue weighted by atomic mass is 10.1. The third kappa shape index (κ3) is 8.57. The summed E-state index contributed by atoms with van der Waals surface area (Å²) in [5.41, 5.74) is 0. The van der Waals surface area contributed by atoms with Crippen molar-refractivity contribution in [1.82, 2.24) is 0 Å². The van der Waals surface area contributed by atoms with Crippen LogP contribution < -0.4 is 14.6 Å². The van der Waals surface area contributed by atoms with Crippen LogP contribution in [0.4, 0.5) is 0 Å². The molecule has 1 rings (SSSR count). The van der Waals surface area contributed by atoms with Crippen LogP contribution in [0.5, 0.6) is 11.5 Å². The fraction of sp³-hybridized carbons (Fsp3) is 0.600. The lowest BCUT2D eigenvalue weighted by Crippen LogP contribution is -2.18. The Morgan fingerprint density at radius 1 is 1.05 bits per heavy atom. The number of hydrogen-bond acceptors (Lipinski definition) is 4. The molecule has 5 nitrogen and oxygen atoms in total. The topological polar surface area (TPSA) is 78.6 Å². The molecule has 6 heteroatoms. The summed E-state index contributed by atoms with van der Waals surface area (Å²) in [6.07, 6.45) is 2.34. The molecule has 0 fully saturated rings. The molecular formula is C15H25NO4S. The summed E-state index contributed by atoms with van der Waals surface area (Å²) in [6, 6.07) is 7.52. The molecule has 2 N–H and O–H groups in total. The van der Waals surface area contributed by atoms with Crippen LogP contribution in [-0.4, -0.2) is 27.4 Å². The third-order valence-corrected chi connectivity index (χ3v) is 3.88. The average Bonchev–Trinajstić information content (AvgIpc) is 2.43. The number of rotatable bonds is 10. The second-order valence-corrected chi connectivity index (χ2v) is 6.95. The molecule has 0 saturated heterocycles. The van der Waals surface area contributed by atoms with Crippen molar-refractivity contribution >= 4 is 10.0 Å². The van der Waals surface area contributed by atoms with Crippen LogP contribution in [-0.2, 0) is 10.0 Å². The van der Waals surface area contributed by atoms with Crippen LogP contribution in [0.25, 0.3) is 0 Å². The van der Waals surface area contributed by atoms with E-state index in [1.807, 2.05) is 31.2 Å². The maximum absolute atomic E-state index is 10.9. The fourth-order valence-corrected chi connectivity index (χ4v) is 2.47. The van der Waals surface area contributed by atoms with E-state index in [1.165, 1.54) is 0 Å². The van der Waals surface area contributed by atoms with Crippen molar-refractivity contribution in [3.8, 4) is 11.5 Å². The molecule has 1 unspecified atom stereocenters. The second kappa shape index (κ2) is 8.89. The van der Waals surface area contributed by atoms with E-state index in [4.69, 9.17) is 14.6 Å². The molecule has 21 heavy (non-hydrogen) atoms. The molecule has 0 amide bonds. The minimum atomic E-state index is -3.36. The molecule has 0 aromatic heterocycles. The van der Waals surface area contributed by atoms with Crippen LogP contribution in [0, 0.1) is 5.92 Å². The van der Waals surface area contributed by atoms with Gasteiger partial charge in [0.15, 0.2) is 0 Å². The van der Waals surface area contributed by atoms with Gasteiger partial charge in [0.2, 0.25) is 10.0 Å². The van der Waals surface area contributed by atoms with E-state index in [-0.39, 0.29) is 11.7 Å². The minimum Gasteiger partial charge on any atom is -0.494 e. The Kier molecular flexibility index (Phi) is 7.53. The van der Waals surface area contributed by atoms with E-state index >= 15 is 0 Å². The number of sulfonamides is 1. The van der Waals surface area contributed by atoms with Crippen LogP contribution in [0.2, 0.25) is 0 Å². The first-order valence-corrected chi connectivity index (χ1v) is 8.98. The Morgan fingerprint density at radius 3 is 2.05 bits per heavy atom. The molecule has 0 spiro atoms. The largest absolute Gasteiger partial charge is 0.494 e. The lowest BCUT2D eigenvalue weighted by Gasteiger charge is -2.12. The van der Waals surface area contributed by atoms with Gasteiger partial charge in [0.25, 0.3) is 0 Å². The Hall–Kier alpha value is -1.27. The molecule has 0 saturated carbocycles. The summed E-state index contributed by atoms with van der Waals surface area (Å²) in [7, 11) is -3.36. The molecular weight excluding hydrogens is 290 g/mol. The zero-order valence-electron chi connectivity index (χ0n) is 12.7. The maximum Gasteiger partial charge on any atom is 0.209 e. The first-order valence-electron chi connectivity index (χ1n) is 7.27. The minimum absolute atomic E-state index is 0.0254. The van der Waals surface area contributed by atoms with E-state index in [9.17, 15) is 8.42 Å². The van der Waals surface area contributed by atoms with Crippen molar-refractivity contribution in [3.63, 3.8) is 0 Å². The van der Waals surface area contributed by atoms with Crippen molar-refractivity contribution in [1.29, 1.82) is 0 Å². The smallest absolute Gasteiger partial charge is 0.209 e. The summed E-state index contributed by atoms with van der Waals surface area (Å²) in [5.74, 6) is 1.91. The monoisotopic (exact) mass is 315 g/mol. The zero-order chi connectivity index (χ0) is 15.7. The standard InChI is InChI=1S/C15H25NO4S/c1-3-10-19-14-4-6-15(7-5-14)20-11-8-13(2)9-12-21(16,17)18/h4-7,13H,3,8-12H2,1-2H3,(H2,16,17,18). The van der Waals surface area contributed by atoms with Crippen LogP contribution >= 0.6 is 0 Å². The van der Waals surface area contributed by atoms with Gasteiger partial charge in [-0.1, -0.05) is 13.8 Å². The Balaban J connectivity index is 2.25. The van der Waals surface area contributed by atoms with Gasteiger partial charge in [-0.05, 0) is 49.4 Å². The number of nitrogens with two attached hydrogens (primary N) is 1. The fourth-order valence-electron chi connectivity index (χ4n) is 1.74. The molecule has 120 valence electrons. The molecule has 0 heterocycles. The number of primary sulfonamides is 1. The van der Waals surface area contributed by atoms with Crippen LogP contribution in [0.1, 0.15) is 33.1 Å². The Bertz CT molecular complexity index is 499. The zero-order valence-corrected chi connectivity index (χ0v) is 13.6. The lowest BCUT2D eigenvalue weighted by molar-refractivity contribution is 0.280. The van der Waals surface area contributed by atoms with E-state index in [0.29, 0.717) is 19.6 Å². The highest BCUT2D eigenvalue weighted by Gasteiger charge is 2.08. The number of ether oxygens (including phenoxy) is 2. The summed E-state index contributed by atoms with van der Waals surface area (Å²) in [5, 5.41) is 4.98. The predicted octanol–water partition coefficient (Wildman–Crippen LogP) is 2.56. The van der Waals surface area contributed by atoms with E-state index < -0.39 is 10.0 Å². The number of benzene rings is 1. The van der Waals surface area contributed by atoms with Crippen molar-refractivity contribution in [2.75, 3.05) is 19.0 Å². The molecule has 1 aromatic carbocycles. The van der Waals surface area contributed by atoms with E-state index in [2.05, 4.69) is 6.92 Å². The van der Waals surface area contributed by atoms with Gasteiger partial charge in [-0.2, -0.15) is 0 Å². The highest BCUT2D eigenvalue weighted by molar-refractivity contribution is 7.89. The van der Waals surface area contributed by atoms with Gasteiger partial charge in [0.05, 0.1) is 19.0 Å². The molecule has 1 atom stereocenters.